The van der Waals surface area contributed by atoms with Crippen molar-refractivity contribution >= 4 is 15.7 Å². The number of hydrogen-bond acceptors (Lipinski definition) is 5. The normalized spacial score (nSPS) is 11.4. The Labute approximate surface area is 134 Å². The first-order chi connectivity index (χ1) is 11.0. The summed E-state index contributed by atoms with van der Waals surface area (Å²) in [5, 5.41) is 7.71. The summed E-state index contributed by atoms with van der Waals surface area (Å²) in [7, 11) is -3.69. The molecule has 118 valence electrons. The number of aromatic nitrogens is 2. The molecule has 1 N–H and O–H groups in total. The molecule has 0 radical (unpaired) electrons. The average molecular weight is 329 g/mol. The van der Waals surface area contributed by atoms with Crippen LogP contribution in [-0.2, 0) is 10.0 Å². The molecule has 1 aromatic heterocycles. The lowest BCUT2D eigenvalue weighted by Gasteiger charge is -2.11. The van der Waals surface area contributed by atoms with Crippen LogP contribution in [0.3, 0.4) is 0 Å². The zero-order chi connectivity index (χ0) is 16.4. The lowest BCUT2D eigenvalue weighted by Crippen LogP contribution is -2.13. The third-order valence-corrected chi connectivity index (χ3v) is 4.64. The number of anilines is 1. The highest BCUT2D eigenvalue weighted by molar-refractivity contribution is 7.92. The van der Waals surface area contributed by atoms with Gasteiger partial charge in [0.15, 0.2) is 0 Å². The van der Waals surface area contributed by atoms with Gasteiger partial charge < -0.3 is 4.42 Å². The molecule has 7 heteroatoms. The maximum Gasteiger partial charge on any atom is 0.261 e. The van der Waals surface area contributed by atoms with Gasteiger partial charge in [-0.3, -0.25) is 4.72 Å². The second-order valence-corrected chi connectivity index (χ2v) is 6.77. The number of benzene rings is 2. The standard InChI is InChI=1S/C16H15N3O3S/c1-11-7-9-13(10-8-11)23(20,21)19-15-6-4-3-5-14(15)16-18-17-12(2)22-16/h3-10,19H,1-2H3. The number of aryl methyl sites for hydroxylation is 2. The van der Waals surface area contributed by atoms with Crippen molar-refractivity contribution in [3.63, 3.8) is 0 Å². The van der Waals surface area contributed by atoms with Crippen LogP contribution < -0.4 is 4.72 Å². The van der Waals surface area contributed by atoms with Gasteiger partial charge in [0.05, 0.1) is 16.1 Å². The molecule has 0 bridgehead atoms. The SMILES string of the molecule is Cc1ccc(S(=O)(=O)Nc2ccccc2-c2nnc(C)o2)cc1. The van der Waals surface area contributed by atoms with E-state index in [-0.39, 0.29) is 10.8 Å². The van der Waals surface area contributed by atoms with Gasteiger partial charge >= 0.3 is 0 Å². The van der Waals surface area contributed by atoms with Gasteiger partial charge in [0.1, 0.15) is 0 Å². The van der Waals surface area contributed by atoms with Crippen molar-refractivity contribution in [3.8, 4) is 11.5 Å². The molecule has 0 saturated carbocycles. The van der Waals surface area contributed by atoms with Gasteiger partial charge in [-0.2, -0.15) is 0 Å². The smallest absolute Gasteiger partial charge is 0.261 e. The third kappa shape index (κ3) is 3.24. The van der Waals surface area contributed by atoms with Crippen molar-refractivity contribution in [3.05, 3.63) is 60.0 Å². The monoisotopic (exact) mass is 329 g/mol. The topological polar surface area (TPSA) is 85.1 Å². The van der Waals surface area contributed by atoms with Crippen molar-refractivity contribution in [2.45, 2.75) is 18.7 Å². The first kappa shape index (κ1) is 15.2. The predicted molar refractivity (Wildman–Crippen MR) is 86.5 cm³/mol. The largest absolute Gasteiger partial charge is 0.421 e. The van der Waals surface area contributed by atoms with Crippen LogP contribution in [0.5, 0.6) is 0 Å². The van der Waals surface area contributed by atoms with Gasteiger partial charge in [0.2, 0.25) is 11.8 Å². The Hall–Kier alpha value is -2.67. The Balaban J connectivity index is 1.98. The second-order valence-electron chi connectivity index (χ2n) is 5.09. The van der Waals surface area contributed by atoms with E-state index < -0.39 is 10.0 Å². The van der Waals surface area contributed by atoms with E-state index >= 15 is 0 Å². The fourth-order valence-electron chi connectivity index (χ4n) is 2.09. The van der Waals surface area contributed by atoms with Crippen LogP contribution in [0.25, 0.3) is 11.5 Å². The quantitative estimate of drug-likeness (QED) is 0.794. The molecule has 1 heterocycles. The highest BCUT2D eigenvalue weighted by Gasteiger charge is 2.18. The van der Waals surface area contributed by atoms with Crippen LogP contribution in [0, 0.1) is 13.8 Å². The van der Waals surface area contributed by atoms with E-state index in [9.17, 15) is 8.42 Å². The lowest BCUT2D eigenvalue weighted by atomic mass is 10.2. The van der Waals surface area contributed by atoms with E-state index in [4.69, 9.17) is 4.42 Å². The molecule has 0 unspecified atom stereocenters. The minimum atomic E-state index is -3.69. The summed E-state index contributed by atoms with van der Waals surface area (Å²) in [6.45, 7) is 3.58. The van der Waals surface area contributed by atoms with Crippen molar-refractivity contribution in [1.82, 2.24) is 10.2 Å². The molecule has 3 aromatic rings. The maximum absolute atomic E-state index is 12.5. The van der Waals surface area contributed by atoms with Crippen LogP contribution >= 0.6 is 0 Å². The molecule has 0 spiro atoms. The fraction of sp³-hybridized carbons (Fsp3) is 0.125. The van der Waals surface area contributed by atoms with Crippen LogP contribution in [0.1, 0.15) is 11.5 Å². The average Bonchev–Trinajstić information content (AvgIpc) is 2.94. The fourth-order valence-corrected chi connectivity index (χ4v) is 3.16. The van der Waals surface area contributed by atoms with E-state index in [0.29, 0.717) is 17.1 Å². The van der Waals surface area contributed by atoms with Gasteiger partial charge in [0, 0.05) is 6.92 Å². The summed E-state index contributed by atoms with van der Waals surface area (Å²) in [6.07, 6.45) is 0. The summed E-state index contributed by atoms with van der Waals surface area (Å²) in [5.74, 6) is 0.681. The van der Waals surface area contributed by atoms with Crippen molar-refractivity contribution in [2.24, 2.45) is 0 Å². The van der Waals surface area contributed by atoms with E-state index in [1.54, 1.807) is 55.5 Å². The van der Waals surface area contributed by atoms with E-state index in [2.05, 4.69) is 14.9 Å². The van der Waals surface area contributed by atoms with Gasteiger partial charge in [-0.05, 0) is 31.2 Å². The number of nitrogens with zero attached hydrogens (tertiary/aromatic N) is 2. The molecular formula is C16H15N3O3S. The molecule has 23 heavy (non-hydrogen) atoms. The van der Waals surface area contributed by atoms with Crippen molar-refractivity contribution in [1.29, 1.82) is 0 Å². The minimum Gasteiger partial charge on any atom is -0.421 e. The Bertz CT molecular complexity index is 931. The Morgan fingerprint density at radius 1 is 0.957 bits per heavy atom. The number of nitrogens with one attached hydrogen (secondary N) is 1. The van der Waals surface area contributed by atoms with Gasteiger partial charge in [-0.15, -0.1) is 10.2 Å². The summed E-state index contributed by atoms with van der Waals surface area (Å²) >= 11 is 0. The molecule has 0 aliphatic heterocycles. The molecule has 0 aliphatic carbocycles. The summed E-state index contributed by atoms with van der Waals surface area (Å²) < 4.78 is 33.0. The number of sulfonamides is 1. The van der Waals surface area contributed by atoms with Crippen LogP contribution in [0.15, 0.2) is 57.8 Å². The predicted octanol–water partition coefficient (Wildman–Crippen LogP) is 3.15. The third-order valence-electron chi connectivity index (χ3n) is 3.26. The molecule has 0 amide bonds. The van der Waals surface area contributed by atoms with Crippen LogP contribution in [0.2, 0.25) is 0 Å². The molecule has 3 rings (SSSR count). The summed E-state index contributed by atoms with van der Waals surface area (Å²) in [4.78, 5) is 0.194. The first-order valence-corrected chi connectivity index (χ1v) is 8.43. The van der Waals surface area contributed by atoms with Gasteiger partial charge in [-0.25, -0.2) is 8.42 Å². The molecule has 2 aromatic carbocycles. The molecule has 6 nitrogen and oxygen atoms in total. The number of para-hydroxylation sites is 1. The Kier molecular flexibility index (Phi) is 3.87. The number of rotatable bonds is 4. The number of hydrogen-bond donors (Lipinski definition) is 1. The van der Waals surface area contributed by atoms with Crippen LogP contribution in [-0.4, -0.2) is 18.6 Å². The molecule has 0 atom stereocenters. The highest BCUT2D eigenvalue weighted by atomic mass is 32.2. The summed E-state index contributed by atoms with van der Waals surface area (Å²) in [6, 6.07) is 13.5. The maximum atomic E-state index is 12.5. The molecule has 0 saturated heterocycles. The molecular weight excluding hydrogens is 314 g/mol. The van der Waals surface area contributed by atoms with Crippen molar-refractivity contribution < 1.29 is 12.8 Å². The second kappa shape index (κ2) is 5.85. The zero-order valence-corrected chi connectivity index (χ0v) is 13.5. The molecule has 0 fully saturated rings. The van der Waals surface area contributed by atoms with Crippen LogP contribution in [0.4, 0.5) is 5.69 Å². The van der Waals surface area contributed by atoms with E-state index in [1.807, 2.05) is 6.92 Å². The summed E-state index contributed by atoms with van der Waals surface area (Å²) in [5.41, 5.74) is 1.91. The van der Waals surface area contributed by atoms with E-state index in [0.717, 1.165) is 5.56 Å². The minimum absolute atomic E-state index is 0.194. The first-order valence-electron chi connectivity index (χ1n) is 6.95. The molecule has 0 aliphatic rings. The highest BCUT2D eigenvalue weighted by Crippen LogP contribution is 2.28. The Morgan fingerprint density at radius 2 is 1.65 bits per heavy atom. The Morgan fingerprint density at radius 3 is 2.30 bits per heavy atom. The lowest BCUT2D eigenvalue weighted by molar-refractivity contribution is 0.533. The van der Waals surface area contributed by atoms with Gasteiger partial charge in [0.25, 0.3) is 10.0 Å². The van der Waals surface area contributed by atoms with Gasteiger partial charge in [-0.1, -0.05) is 29.8 Å². The van der Waals surface area contributed by atoms with Crippen molar-refractivity contribution in [2.75, 3.05) is 4.72 Å². The van der Waals surface area contributed by atoms with E-state index in [1.165, 1.54) is 0 Å². The zero-order valence-electron chi connectivity index (χ0n) is 12.6.